The average molecular weight is 488 g/mol. The maximum atomic E-state index is 13.5. The molecular weight excluding hydrogens is 458 g/mol. The fourth-order valence-electron chi connectivity index (χ4n) is 5.42. The standard InChI is InChI=1S/C27H29N5O2S/c1-18-23-25(28-16-22-7-4-14-34-22)29-17-30-26(23)35-24(18)27(33)32-12-10-31(11-13-32)21-9-8-19-5-2-3-6-20(19)15-21/h2-7,14,17,21H,8-13,15-16H2,1H3,(H,28,29,30). The van der Waals surface area contributed by atoms with Crippen LogP contribution in [-0.2, 0) is 19.4 Å². The van der Waals surface area contributed by atoms with Crippen LogP contribution in [0.15, 0.2) is 53.4 Å². The van der Waals surface area contributed by atoms with Crippen LogP contribution >= 0.6 is 11.3 Å². The number of carbonyl (C=O) groups is 1. The van der Waals surface area contributed by atoms with Crippen LogP contribution in [0.25, 0.3) is 10.2 Å². The van der Waals surface area contributed by atoms with Crippen molar-refractivity contribution >= 4 is 33.3 Å². The number of aryl methyl sites for hydroxylation is 2. The van der Waals surface area contributed by atoms with Gasteiger partial charge in [0.25, 0.3) is 5.91 Å². The van der Waals surface area contributed by atoms with E-state index in [9.17, 15) is 4.79 Å². The van der Waals surface area contributed by atoms with Gasteiger partial charge >= 0.3 is 0 Å². The zero-order chi connectivity index (χ0) is 23.8. The van der Waals surface area contributed by atoms with E-state index in [4.69, 9.17) is 4.42 Å². The summed E-state index contributed by atoms with van der Waals surface area (Å²) in [6.07, 6.45) is 6.68. The van der Waals surface area contributed by atoms with E-state index in [1.54, 1.807) is 12.6 Å². The molecule has 35 heavy (non-hydrogen) atoms. The van der Waals surface area contributed by atoms with Crippen molar-refractivity contribution in [3.05, 3.63) is 76.3 Å². The number of hydrogen-bond donors (Lipinski definition) is 1. The number of aromatic nitrogens is 2. The van der Waals surface area contributed by atoms with Crippen molar-refractivity contribution in [1.29, 1.82) is 0 Å². The Labute approximate surface area is 208 Å². The molecule has 0 bridgehead atoms. The normalized spacial score (nSPS) is 18.5. The van der Waals surface area contributed by atoms with E-state index in [0.29, 0.717) is 12.6 Å². The first kappa shape index (κ1) is 22.2. The lowest BCUT2D eigenvalue weighted by molar-refractivity contribution is 0.0557. The van der Waals surface area contributed by atoms with E-state index in [-0.39, 0.29) is 5.91 Å². The highest BCUT2D eigenvalue weighted by molar-refractivity contribution is 7.20. The number of hydrogen-bond acceptors (Lipinski definition) is 7. The summed E-state index contributed by atoms with van der Waals surface area (Å²) in [5.41, 5.74) is 3.93. The van der Waals surface area contributed by atoms with Crippen LogP contribution in [0.3, 0.4) is 0 Å². The molecular formula is C27H29N5O2S. The Hall–Kier alpha value is -3.23. The molecule has 1 N–H and O–H groups in total. The quantitative estimate of drug-likeness (QED) is 0.446. The number of piperazine rings is 1. The van der Waals surface area contributed by atoms with Crippen molar-refractivity contribution < 1.29 is 9.21 Å². The largest absolute Gasteiger partial charge is 0.467 e. The molecule has 180 valence electrons. The first-order valence-corrected chi connectivity index (χ1v) is 13.1. The molecule has 1 amide bonds. The molecule has 0 saturated carbocycles. The molecule has 1 fully saturated rings. The first-order valence-electron chi connectivity index (χ1n) is 12.3. The monoisotopic (exact) mass is 487 g/mol. The maximum absolute atomic E-state index is 13.5. The van der Waals surface area contributed by atoms with Gasteiger partial charge in [0.05, 0.1) is 23.1 Å². The minimum atomic E-state index is 0.108. The summed E-state index contributed by atoms with van der Waals surface area (Å²) >= 11 is 1.46. The molecule has 0 spiro atoms. The van der Waals surface area contributed by atoms with Gasteiger partial charge < -0.3 is 14.6 Å². The highest BCUT2D eigenvalue weighted by atomic mass is 32.1. The van der Waals surface area contributed by atoms with Crippen molar-refractivity contribution in [2.45, 2.75) is 38.8 Å². The SMILES string of the molecule is Cc1c(C(=O)N2CCN(C3CCc4ccccc4C3)CC2)sc2ncnc(NCc3ccco3)c12. The first-order chi connectivity index (χ1) is 17.2. The van der Waals surface area contributed by atoms with Gasteiger partial charge in [0.2, 0.25) is 0 Å². The van der Waals surface area contributed by atoms with Gasteiger partial charge in [-0.05, 0) is 55.0 Å². The Bertz CT molecular complexity index is 1340. The minimum absolute atomic E-state index is 0.108. The summed E-state index contributed by atoms with van der Waals surface area (Å²) in [5.74, 6) is 1.68. The summed E-state index contributed by atoms with van der Waals surface area (Å²) in [6.45, 7) is 5.92. The minimum Gasteiger partial charge on any atom is -0.467 e. The number of fused-ring (bicyclic) bond motifs is 2. The Kier molecular flexibility index (Phi) is 6.00. The van der Waals surface area contributed by atoms with Gasteiger partial charge in [0.1, 0.15) is 22.7 Å². The zero-order valence-corrected chi connectivity index (χ0v) is 20.7. The van der Waals surface area contributed by atoms with E-state index < -0.39 is 0 Å². The fraction of sp³-hybridized carbons (Fsp3) is 0.370. The highest BCUT2D eigenvalue weighted by Crippen LogP contribution is 2.34. The number of rotatable bonds is 5. The average Bonchev–Trinajstić information content (AvgIpc) is 3.55. The summed E-state index contributed by atoms with van der Waals surface area (Å²) < 4.78 is 5.42. The smallest absolute Gasteiger partial charge is 0.264 e. The third-order valence-corrected chi connectivity index (χ3v) is 8.56. The lowest BCUT2D eigenvalue weighted by atomic mass is 9.87. The number of carbonyl (C=O) groups excluding carboxylic acids is 1. The van der Waals surface area contributed by atoms with Crippen LogP contribution in [-0.4, -0.2) is 57.9 Å². The Morgan fingerprint density at radius 1 is 1.11 bits per heavy atom. The molecule has 4 heterocycles. The molecule has 1 aliphatic carbocycles. The van der Waals surface area contributed by atoms with Gasteiger partial charge in [0, 0.05) is 32.2 Å². The molecule has 4 aromatic rings. The molecule has 2 aliphatic rings. The number of anilines is 1. The highest BCUT2D eigenvalue weighted by Gasteiger charge is 2.30. The van der Waals surface area contributed by atoms with Crippen molar-refractivity contribution in [3.63, 3.8) is 0 Å². The molecule has 6 rings (SSSR count). The van der Waals surface area contributed by atoms with E-state index >= 15 is 0 Å². The molecule has 0 radical (unpaired) electrons. The maximum Gasteiger partial charge on any atom is 0.264 e. The van der Waals surface area contributed by atoms with Crippen LogP contribution in [0.1, 0.15) is 38.5 Å². The number of nitrogens with zero attached hydrogens (tertiary/aromatic N) is 4. The van der Waals surface area contributed by atoms with Crippen molar-refractivity contribution in [2.75, 3.05) is 31.5 Å². The van der Waals surface area contributed by atoms with E-state index in [2.05, 4.69) is 44.5 Å². The predicted octanol–water partition coefficient (Wildman–Crippen LogP) is 4.52. The molecule has 1 aromatic carbocycles. The van der Waals surface area contributed by atoms with Crippen LogP contribution in [0.2, 0.25) is 0 Å². The molecule has 7 nitrogen and oxygen atoms in total. The lowest BCUT2D eigenvalue weighted by Gasteiger charge is -2.41. The Morgan fingerprint density at radius 2 is 1.94 bits per heavy atom. The summed E-state index contributed by atoms with van der Waals surface area (Å²) in [5, 5.41) is 4.27. The second-order valence-electron chi connectivity index (χ2n) is 9.39. The second-order valence-corrected chi connectivity index (χ2v) is 10.4. The number of nitrogens with one attached hydrogen (secondary N) is 1. The summed E-state index contributed by atoms with van der Waals surface area (Å²) in [6, 6.07) is 13.2. The van der Waals surface area contributed by atoms with Crippen LogP contribution in [0.4, 0.5) is 5.82 Å². The van der Waals surface area contributed by atoms with Crippen molar-refractivity contribution in [2.24, 2.45) is 0 Å². The number of amides is 1. The van der Waals surface area contributed by atoms with Gasteiger partial charge in [-0.15, -0.1) is 11.3 Å². The van der Waals surface area contributed by atoms with E-state index in [1.807, 2.05) is 24.0 Å². The molecule has 1 unspecified atom stereocenters. The molecule has 1 saturated heterocycles. The number of benzene rings is 1. The summed E-state index contributed by atoms with van der Waals surface area (Å²) in [4.78, 5) is 28.6. The molecule has 3 aromatic heterocycles. The number of thiophene rings is 1. The molecule has 1 aliphatic heterocycles. The van der Waals surface area contributed by atoms with Gasteiger partial charge in [-0.25, -0.2) is 9.97 Å². The molecule has 1 atom stereocenters. The third kappa shape index (κ3) is 4.32. The Morgan fingerprint density at radius 3 is 2.74 bits per heavy atom. The van der Waals surface area contributed by atoms with Gasteiger partial charge in [-0.1, -0.05) is 24.3 Å². The van der Waals surface area contributed by atoms with E-state index in [1.165, 1.54) is 28.9 Å². The van der Waals surface area contributed by atoms with Crippen LogP contribution in [0, 0.1) is 6.92 Å². The van der Waals surface area contributed by atoms with Crippen molar-refractivity contribution in [1.82, 2.24) is 19.8 Å². The van der Waals surface area contributed by atoms with Gasteiger partial charge in [-0.2, -0.15) is 0 Å². The Balaban J connectivity index is 1.14. The van der Waals surface area contributed by atoms with Gasteiger partial charge in [0.15, 0.2) is 0 Å². The van der Waals surface area contributed by atoms with Crippen LogP contribution < -0.4 is 5.32 Å². The predicted molar refractivity (Wildman–Crippen MR) is 138 cm³/mol. The second kappa shape index (κ2) is 9.43. The lowest BCUT2D eigenvalue weighted by Crippen LogP contribution is -2.53. The zero-order valence-electron chi connectivity index (χ0n) is 19.9. The summed E-state index contributed by atoms with van der Waals surface area (Å²) in [7, 11) is 0. The van der Waals surface area contributed by atoms with E-state index in [0.717, 1.165) is 71.3 Å². The fourth-order valence-corrected chi connectivity index (χ4v) is 6.53. The molecule has 8 heteroatoms. The number of furan rings is 1. The van der Waals surface area contributed by atoms with Crippen molar-refractivity contribution in [3.8, 4) is 0 Å². The topological polar surface area (TPSA) is 74.5 Å². The van der Waals surface area contributed by atoms with Gasteiger partial charge in [-0.3, -0.25) is 9.69 Å². The third-order valence-electron chi connectivity index (χ3n) is 7.37. The van der Waals surface area contributed by atoms with Crippen LogP contribution in [0.5, 0.6) is 0 Å².